The molecule has 23 heavy (non-hydrogen) atoms. The number of nitrogens with one attached hydrogen (secondary N) is 1. The molecule has 0 bridgehead atoms. The van der Waals surface area contributed by atoms with Gasteiger partial charge in [-0.1, -0.05) is 0 Å². The van der Waals surface area contributed by atoms with Gasteiger partial charge >= 0.3 is 0 Å². The first kappa shape index (κ1) is 15.3. The summed E-state index contributed by atoms with van der Waals surface area (Å²) in [5.74, 6) is 0.873. The lowest BCUT2D eigenvalue weighted by molar-refractivity contribution is -0.116. The van der Waals surface area contributed by atoms with Crippen molar-refractivity contribution in [2.75, 3.05) is 5.32 Å². The highest BCUT2D eigenvalue weighted by Crippen LogP contribution is 2.23. The molecule has 0 aliphatic rings. The Hall–Kier alpha value is -2.56. The van der Waals surface area contributed by atoms with Crippen molar-refractivity contribution in [2.24, 2.45) is 7.05 Å². The molecule has 1 amide bonds. The minimum Gasteiger partial charge on any atom is -0.461 e. The largest absolute Gasteiger partial charge is 0.461 e. The SMILES string of the molecule is Cc1cc2cc(NC(=O)CCc3c(C)nn(C)c3C)ccc2o1. The first-order valence-electron chi connectivity index (χ1n) is 7.73. The number of amides is 1. The third-order valence-corrected chi connectivity index (χ3v) is 4.18. The highest BCUT2D eigenvalue weighted by atomic mass is 16.3. The maximum atomic E-state index is 12.2. The summed E-state index contributed by atoms with van der Waals surface area (Å²) in [6.07, 6.45) is 1.14. The number of carbonyl (C=O) groups is 1. The molecular weight excluding hydrogens is 290 g/mol. The van der Waals surface area contributed by atoms with E-state index < -0.39 is 0 Å². The van der Waals surface area contributed by atoms with Crippen LogP contribution in [0.1, 0.15) is 29.1 Å². The fourth-order valence-corrected chi connectivity index (χ4v) is 2.90. The molecule has 5 heteroatoms. The molecule has 1 N–H and O–H groups in total. The van der Waals surface area contributed by atoms with Gasteiger partial charge in [0.05, 0.1) is 5.69 Å². The third kappa shape index (κ3) is 3.13. The number of benzene rings is 1. The lowest BCUT2D eigenvalue weighted by Gasteiger charge is -2.06. The number of aryl methyl sites for hydroxylation is 3. The molecule has 0 radical (unpaired) electrons. The molecule has 0 saturated carbocycles. The first-order valence-corrected chi connectivity index (χ1v) is 7.73. The lowest BCUT2D eigenvalue weighted by Crippen LogP contribution is -2.12. The Morgan fingerprint density at radius 1 is 1.26 bits per heavy atom. The molecule has 3 rings (SSSR count). The van der Waals surface area contributed by atoms with Crippen molar-refractivity contribution in [1.29, 1.82) is 0 Å². The van der Waals surface area contributed by atoms with Gasteiger partial charge in [-0.25, -0.2) is 0 Å². The zero-order valence-electron chi connectivity index (χ0n) is 13.9. The molecule has 5 nitrogen and oxygen atoms in total. The molecule has 0 saturated heterocycles. The van der Waals surface area contributed by atoms with Crippen molar-refractivity contribution in [3.63, 3.8) is 0 Å². The number of hydrogen-bond donors (Lipinski definition) is 1. The van der Waals surface area contributed by atoms with Crippen LogP contribution in [0.5, 0.6) is 0 Å². The van der Waals surface area contributed by atoms with E-state index in [9.17, 15) is 4.79 Å². The van der Waals surface area contributed by atoms with Gasteiger partial charge in [-0.3, -0.25) is 9.48 Å². The van der Waals surface area contributed by atoms with Crippen molar-refractivity contribution < 1.29 is 9.21 Å². The molecule has 3 aromatic rings. The van der Waals surface area contributed by atoms with E-state index in [0.29, 0.717) is 12.8 Å². The summed E-state index contributed by atoms with van der Waals surface area (Å²) >= 11 is 0. The molecule has 120 valence electrons. The van der Waals surface area contributed by atoms with Gasteiger partial charge in [0.15, 0.2) is 0 Å². The molecule has 0 spiro atoms. The van der Waals surface area contributed by atoms with Crippen LogP contribution in [-0.4, -0.2) is 15.7 Å². The molecular formula is C18H21N3O2. The molecule has 0 atom stereocenters. The number of anilines is 1. The van der Waals surface area contributed by atoms with Gasteiger partial charge in [0.2, 0.25) is 5.91 Å². The van der Waals surface area contributed by atoms with Gasteiger partial charge in [0.1, 0.15) is 11.3 Å². The van der Waals surface area contributed by atoms with E-state index >= 15 is 0 Å². The van der Waals surface area contributed by atoms with E-state index in [0.717, 1.165) is 39.4 Å². The zero-order chi connectivity index (χ0) is 16.6. The van der Waals surface area contributed by atoms with E-state index in [1.54, 1.807) is 0 Å². The average molecular weight is 311 g/mol. The van der Waals surface area contributed by atoms with Gasteiger partial charge in [-0.2, -0.15) is 5.10 Å². The monoisotopic (exact) mass is 311 g/mol. The highest BCUT2D eigenvalue weighted by molar-refractivity contribution is 5.93. The summed E-state index contributed by atoms with van der Waals surface area (Å²) in [5, 5.41) is 8.33. The van der Waals surface area contributed by atoms with E-state index in [1.165, 1.54) is 0 Å². The number of hydrogen-bond acceptors (Lipinski definition) is 3. The van der Waals surface area contributed by atoms with Gasteiger partial charge < -0.3 is 9.73 Å². The van der Waals surface area contributed by atoms with Crippen molar-refractivity contribution in [1.82, 2.24) is 9.78 Å². The molecule has 2 heterocycles. The normalized spacial score (nSPS) is 11.1. The van der Waals surface area contributed by atoms with Crippen LogP contribution in [0.4, 0.5) is 5.69 Å². The third-order valence-electron chi connectivity index (χ3n) is 4.18. The van der Waals surface area contributed by atoms with E-state index in [4.69, 9.17) is 4.42 Å². The van der Waals surface area contributed by atoms with Crippen LogP contribution < -0.4 is 5.32 Å². The minimum atomic E-state index is 0.00669. The Morgan fingerprint density at radius 3 is 2.74 bits per heavy atom. The number of fused-ring (bicyclic) bond motifs is 1. The van der Waals surface area contributed by atoms with Gasteiger partial charge in [0, 0.05) is 30.2 Å². The maximum absolute atomic E-state index is 12.2. The average Bonchev–Trinajstić information content (AvgIpc) is 2.96. The quantitative estimate of drug-likeness (QED) is 0.800. The minimum absolute atomic E-state index is 0.00669. The number of furan rings is 1. The number of carbonyl (C=O) groups excluding carboxylic acids is 1. The fraction of sp³-hybridized carbons (Fsp3) is 0.333. The number of aromatic nitrogens is 2. The molecule has 0 unspecified atom stereocenters. The van der Waals surface area contributed by atoms with Crippen molar-refractivity contribution >= 4 is 22.6 Å². The van der Waals surface area contributed by atoms with Crippen LogP contribution >= 0.6 is 0 Å². The van der Waals surface area contributed by atoms with E-state index in [-0.39, 0.29) is 5.91 Å². The summed E-state index contributed by atoms with van der Waals surface area (Å²) in [6.45, 7) is 5.93. The van der Waals surface area contributed by atoms with E-state index in [2.05, 4.69) is 10.4 Å². The Kier molecular flexibility index (Phi) is 3.94. The summed E-state index contributed by atoms with van der Waals surface area (Å²) in [7, 11) is 1.92. The molecule has 1 aromatic carbocycles. The van der Waals surface area contributed by atoms with Gasteiger partial charge in [-0.15, -0.1) is 0 Å². The molecule has 2 aromatic heterocycles. The Morgan fingerprint density at radius 2 is 2.04 bits per heavy atom. The van der Waals surface area contributed by atoms with Crippen LogP contribution in [0.3, 0.4) is 0 Å². The molecule has 0 aliphatic heterocycles. The van der Waals surface area contributed by atoms with Crippen LogP contribution in [0.2, 0.25) is 0 Å². The second kappa shape index (κ2) is 5.91. The zero-order valence-corrected chi connectivity index (χ0v) is 13.9. The Balaban J connectivity index is 1.66. The standard InChI is InChI=1S/C18H21N3O2/c1-11-9-14-10-15(5-7-17(14)23-11)19-18(22)8-6-16-12(2)20-21(4)13(16)3/h5,7,9-10H,6,8H2,1-4H3,(H,19,22). The van der Waals surface area contributed by atoms with Crippen LogP contribution in [0, 0.1) is 20.8 Å². The van der Waals surface area contributed by atoms with Crippen molar-refractivity contribution in [3.05, 3.63) is 47.0 Å². The maximum Gasteiger partial charge on any atom is 0.224 e. The predicted octanol–water partition coefficient (Wildman–Crippen LogP) is 3.66. The molecule has 0 aliphatic carbocycles. The lowest BCUT2D eigenvalue weighted by atomic mass is 10.1. The van der Waals surface area contributed by atoms with Crippen LogP contribution in [-0.2, 0) is 18.3 Å². The second-order valence-electron chi connectivity index (χ2n) is 5.93. The van der Waals surface area contributed by atoms with Crippen LogP contribution in [0.15, 0.2) is 28.7 Å². The highest BCUT2D eigenvalue weighted by Gasteiger charge is 2.12. The first-order chi connectivity index (χ1) is 10.9. The number of nitrogens with zero attached hydrogens (tertiary/aromatic N) is 2. The smallest absolute Gasteiger partial charge is 0.224 e. The summed E-state index contributed by atoms with van der Waals surface area (Å²) < 4.78 is 7.40. The van der Waals surface area contributed by atoms with Crippen molar-refractivity contribution in [3.8, 4) is 0 Å². The topological polar surface area (TPSA) is 60.1 Å². The molecule has 0 fully saturated rings. The summed E-state index contributed by atoms with van der Waals surface area (Å²) in [4.78, 5) is 12.2. The predicted molar refractivity (Wildman–Crippen MR) is 90.6 cm³/mol. The summed E-state index contributed by atoms with van der Waals surface area (Å²) in [5.41, 5.74) is 4.90. The van der Waals surface area contributed by atoms with Crippen molar-refractivity contribution in [2.45, 2.75) is 33.6 Å². The summed E-state index contributed by atoms with van der Waals surface area (Å²) in [6, 6.07) is 7.65. The van der Waals surface area contributed by atoms with Crippen LogP contribution in [0.25, 0.3) is 11.0 Å². The number of rotatable bonds is 4. The second-order valence-corrected chi connectivity index (χ2v) is 5.93. The van der Waals surface area contributed by atoms with Gasteiger partial charge in [-0.05, 0) is 57.0 Å². The van der Waals surface area contributed by atoms with Gasteiger partial charge in [0.25, 0.3) is 0 Å². The Labute approximate surface area is 135 Å². The fourth-order valence-electron chi connectivity index (χ4n) is 2.90. The van der Waals surface area contributed by atoms with E-state index in [1.807, 2.05) is 56.8 Å². The Bertz CT molecular complexity index is 874.